The van der Waals surface area contributed by atoms with Gasteiger partial charge in [0.05, 0.1) is 13.4 Å². The van der Waals surface area contributed by atoms with Crippen LogP contribution in [0.3, 0.4) is 0 Å². The second kappa shape index (κ2) is 6.13. The first-order valence-corrected chi connectivity index (χ1v) is 3.21. The number of carbonyl (C=O) groups is 1. The Morgan fingerprint density at radius 3 is 2.50 bits per heavy atom. The molecule has 1 aliphatic heterocycles. The molecule has 0 aromatic heterocycles. The van der Waals surface area contributed by atoms with E-state index in [0.29, 0.717) is 0 Å². The van der Waals surface area contributed by atoms with Crippen LogP contribution in [0.1, 0.15) is 12.8 Å². The van der Waals surface area contributed by atoms with Crippen LogP contribution in [0.25, 0.3) is 0 Å². The van der Waals surface area contributed by atoms with Crippen LogP contribution < -0.4 is 5.32 Å². The first kappa shape index (κ1) is 9.01. The summed E-state index contributed by atoms with van der Waals surface area (Å²) in [5, 5.41) is 2.68. The van der Waals surface area contributed by atoms with E-state index in [0.717, 1.165) is 19.4 Å². The minimum absolute atomic E-state index is 0.204. The summed E-state index contributed by atoms with van der Waals surface area (Å²) in [5.41, 5.74) is 0. The van der Waals surface area contributed by atoms with E-state index in [1.165, 1.54) is 6.26 Å². The molecule has 0 aromatic carbocycles. The molecule has 0 aromatic rings. The van der Waals surface area contributed by atoms with Gasteiger partial charge in [-0.15, -0.1) is 0 Å². The zero-order chi connectivity index (χ0) is 7.82. The van der Waals surface area contributed by atoms with Gasteiger partial charge in [-0.2, -0.15) is 0 Å². The Kier molecular flexibility index (Phi) is 5.53. The first-order valence-electron chi connectivity index (χ1n) is 3.21. The lowest BCUT2D eigenvalue weighted by atomic mass is 10.4. The summed E-state index contributed by atoms with van der Waals surface area (Å²) >= 11 is 0. The van der Waals surface area contributed by atoms with Crippen LogP contribution >= 0.6 is 0 Å². The third kappa shape index (κ3) is 5.15. The summed E-state index contributed by atoms with van der Waals surface area (Å²) in [6, 6.07) is 0. The summed E-state index contributed by atoms with van der Waals surface area (Å²) in [5.74, 6) is 0.204. The molecule has 0 radical (unpaired) electrons. The summed E-state index contributed by atoms with van der Waals surface area (Å²) in [4.78, 5) is 10.1. The number of amides is 1. The van der Waals surface area contributed by atoms with Crippen LogP contribution in [-0.4, -0.2) is 19.6 Å². The second-order valence-electron chi connectivity index (χ2n) is 1.86. The molecule has 1 fully saturated rings. The van der Waals surface area contributed by atoms with Crippen molar-refractivity contribution in [2.45, 2.75) is 12.8 Å². The van der Waals surface area contributed by atoms with E-state index in [4.69, 9.17) is 0 Å². The van der Waals surface area contributed by atoms with Gasteiger partial charge < -0.3 is 10.1 Å². The van der Waals surface area contributed by atoms with Gasteiger partial charge in [-0.25, -0.2) is 0 Å². The highest BCUT2D eigenvalue weighted by Crippen LogP contribution is 1.93. The van der Waals surface area contributed by atoms with Crippen LogP contribution in [0.15, 0.2) is 12.8 Å². The van der Waals surface area contributed by atoms with E-state index < -0.39 is 0 Å². The Morgan fingerprint density at radius 2 is 2.40 bits per heavy atom. The van der Waals surface area contributed by atoms with Gasteiger partial charge in [0.25, 0.3) is 0 Å². The molecule has 0 aliphatic carbocycles. The smallest absolute Gasteiger partial charge is 0.220 e. The maximum atomic E-state index is 10.1. The van der Waals surface area contributed by atoms with Gasteiger partial charge in [0.2, 0.25) is 5.91 Å². The molecule has 0 spiro atoms. The van der Waals surface area contributed by atoms with Crippen molar-refractivity contribution in [3.63, 3.8) is 0 Å². The summed E-state index contributed by atoms with van der Waals surface area (Å²) < 4.78 is 4.31. The van der Waals surface area contributed by atoms with E-state index in [9.17, 15) is 4.79 Å². The fourth-order valence-electron chi connectivity index (χ4n) is 0.565. The van der Waals surface area contributed by atoms with Crippen LogP contribution in [-0.2, 0) is 9.53 Å². The molecule has 1 saturated heterocycles. The van der Waals surface area contributed by atoms with E-state index in [-0.39, 0.29) is 5.91 Å². The Morgan fingerprint density at radius 1 is 1.80 bits per heavy atom. The number of carbonyl (C=O) groups excluding carboxylic acids is 1. The van der Waals surface area contributed by atoms with Crippen molar-refractivity contribution in [1.29, 1.82) is 0 Å². The Balaban J connectivity index is 0.000000180. The predicted molar refractivity (Wildman–Crippen MR) is 39.4 cm³/mol. The van der Waals surface area contributed by atoms with Crippen LogP contribution in [0.4, 0.5) is 0 Å². The number of rotatable bonds is 1. The zero-order valence-electron chi connectivity index (χ0n) is 6.22. The molecule has 0 unspecified atom stereocenters. The molecule has 58 valence electrons. The largest absolute Gasteiger partial charge is 0.505 e. The second-order valence-corrected chi connectivity index (χ2v) is 1.86. The van der Waals surface area contributed by atoms with Gasteiger partial charge in [0, 0.05) is 13.0 Å². The molecule has 1 amide bonds. The third-order valence-corrected chi connectivity index (χ3v) is 1.07. The molecular formula is C7H13NO2. The van der Waals surface area contributed by atoms with E-state index in [1.807, 2.05) is 0 Å². The highest BCUT2D eigenvalue weighted by Gasteiger charge is 2.05. The monoisotopic (exact) mass is 143 g/mol. The van der Waals surface area contributed by atoms with Crippen molar-refractivity contribution < 1.29 is 9.53 Å². The van der Waals surface area contributed by atoms with E-state index in [2.05, 4.69) is 16.6 Å². The summed E-state index contributed by atoms with van der Waals surface area (Å²) in [6.45, 7) is 4.14. The minimum atomic E-state index is 0.204. The summed E-state index contributed by atoms with van der Waals surface area (Å²) in [6.07, 6.45) is 3.14. The van der Waals surface area contributed by atoms with Crippen molar-refractivity contribution in [3.8, 4) is 0 Å². The number of hydrogen-bond acceptors (Lipinski definition) is 2. The molecule has 10 heavy (non-hydrogen) atoms. The van der Waals surface area contributed by atoms with Gasteiger partial charge in [-0.1, -0.05) is 6.58 Å². The Bertz CT molecular complexity index is 104. The topological polar surface area (TPSA) is 38.3 Å². The van der Waals surface area contributed by atoms with Crippen molar-refractivity contribution in [1.82, 2.24) is 5.32 Å². The minimum Gasteiger partial charge on any atom is -0.505 e. The molecule has 0 saturated carbocycles. The van der Waals surface area contributed by atoms with Crippen molar-refractivity contribution in [3.05, 3.63) is 12.8 Å². The molecule has 3 nitrogen and oxygen atoms in total. The average molecular weight is 143 g/mol. The lowest BCUT2D eigenvalue weighted by molar-refractivity contribution is -0.119. The fraction of sp³-hybridized carbons (Fsp3) is 0.571. The Hall–Kier alpha value is -0.990. The van der Waals surface area contributed by atoms with Crippen molar-refractivity contribution in [2.75, 3.05) is 13.7 Å². The SMILES string of the molecule is C=COC.O=C1CCCN1. The number of nitrogens with one attached hydrogen (secondary N) is 1. The van der Waals surface area contributed by atoms with Gasteiger partial charge in [-0.05, 0) is 6.42 Å². The van der Waals surface area contributed by atoms with E-state index in [1.54, 1.807) is 7.11 Å². The fourth-order valence-corrected chi connectivity index (χ4v) is 0.565. The molecule has 1 aliphatic rings. The molecular weight excluding hydrogens is 130 g/mol. The molecule has 1 heterocycles. The highest BCUT2D eigenvalue weighted by atomic mass is 16.5. The molecule has 0 atom stereocenters. The summed E-state index contributed by atoms with van der Waals surface area (Å²) in [7, 11) is 1.56. The number of ether oxygens (including phenoxy) is 1. The van der Waals surface area contributed by atoms with Gasteiger partial charge in [0.1, 0.15) is 0 Å². The highest BCUT2D eigenvalue weighted by molar-refractivity contribution is 5.77. The quantitative estimate of drug-likeness (QED) is 0.548. The first-order chi connectivity index (χ1) is 4.81. The normalized spacial score (nSPS) is 14.7. The van der Waals surface area contributed by atoms with Crippen LogP contribution in [0.5, 0.6) is 0 Å². The predicted octanol–water partition coefficient (Wildman–Crippen LogP) is 0.673. The maximum Gasteiger partial charge on any atom is 0.220 e. The molecule has 1 N–H and O–H groups in total. The van der Waals surface area contributed by atoms with Crippen LogP contribution in [0, 0.1) is 0 Å². The maximum absolute atomic E-state index is 10.1. The lowest BCUT2D eigenvalue weighted by Gasteiger charge is -1.80. The lowest BCUT2D eigenvalue weighted by Crippen LogP contribution is -2.12. The average Bonchev–Trinajstić information content (AvgIpc) is 2.40. The molecule has 1 rings (SSSR count). The van der Waals surface area contributed by atoms with Crippen molar-refractivity contribution in [2.24, 2.45) is 0 Å². The Labute approximate surface area is 61.1 Å². The van der Waals surface area contributed by atoms with Gasteiger partial charge >= 0.3 is 0 Å². The third-order valence-electron chi connectivity index (χ3n) is 1.07. The molecule has 3 heteroatoms. The van der Waals surface area contributed by atoms with Crippen LogP contribution in [0.2, 0.25) is 0 Å². The number of hydrogen-bond donors (Lipinski definition) is 1. The van der Waals surface area contributed by atoms with Gasteiger partial charge in [-0.3, -0.25) is 4.79 Å². The standard InChI is InChI=1S/C4H7NO.C3H6O/c6-4-2-1-3-5-4;1-3-4-2/h1-3H2,(H,5,6);3H,1H2,2H3. The van der Waals surface area contributed by atoms with E-state index >= 15 is 0 Å². The van der Waals surface area contributed by atoms with Gasteiger partial charge in [0.15, 0.2) is 0 Å². The number of methoxy groups -OCH3 is 1. The molecule has 0 bridgehead atoms. The zero-order valence-corrected chi connectivity index (χ0v) is 6.22. The van der Waals surface area contributed by atoms with Crippen molar-refractivity contribution >= 4 is 5.91 Å².